The van der Waals surface area contributed by atoms with Crippen molar-refractivity contribution in [1.29, 1.82) is 0 Å². The first-order valence-corrected chi connectivity index (χ1v) is 16.2. The Morgan fingerprint density at radius 1 is 0.622 bits per heavy atom. The van der Waals surface area contributed by atoms with E-state index in [1.54, 1.807) is 38.7 Å². The fraction of sp³-hybridized carbons (Fsp3) is 0.818. The van der Waals surface area contributed by atoms with Crippen molar-refractivity contribution < 1.29 is 38.7 Å². The van der Waals surface area contributed by atoms with Crippen molar-refractivity contribution in [2.45, 2.75) is 145 Å². The molecule has 0 aliphatic carbocycles. The summed E-state index contributed by atoms with van der Waals surface area (Å²) in [5, 5.41) is 0. The molecule has 2 nitrogen and oxygen atoms in total. The molecule has 0 spiro atoms. The zero-order chi connectivity index (χ0) is 31.5. The molecule has 0 bridgehead atoms. The average Bonchev–Trinajstić information content (AvgIpc) is 2.68. The molecule has 0 saturated heterocycles. The van der Waals surface area contributed by atoms with Crippen LogP contribution in [0.15, 0.2) is 11.1 Å². The van der Waals surface area contributed by atoms with Gasteiger partial charge in [0.2, 0.25) is 0 Å². The normalized spacial score (nSPS) is 7.78. The van der Waals surface area contributed by atoms with Crippen LogP contribution in [0.5, 0.6) is 0 Å². The van der Waals surface area contributed by atoms with E-state index in [9.17, 15) is 0 Å². The minimum absolute atomic E-state index is 0. The van der Waals surface area contributed by atoms with Gasteiger partial charge in [0, 0.05) is 0 Å². The van der Waals surface area contributed by atoms with Crippen molar-refractivity contribution in [3.8, 4) is 11.8 Å². The Balaban J connectivity index is -0.0000000349. The monoisotopic (exact) mass is 869 g/mol. The second-order valence-electron chi connectivity index (χ2n) is 10.6. The van der Waals surface area contributed by atoms with E-state index < -0.39 is 0 Å². The SMILES string of the molecule is C.CC#CC.CC(C)(C)C.CC(C)=C(C)C.CCC.CCC.CCN(C)C.C[C](=[W])N(C)C.C[C](C)=[W]. The van der Waals surface area contributed by atoms with Gasteiger partial charge >= 0.3 is 86.4 Å². The second-order valence-corrected chi connectivity index (χ2v) is 15.7. The third-order valence-corrected chi connectivity index (χ3v) is 3.82. The topological polar surface area (TPSA) is 6.48 Å². The van der Waals surface area contributed by atoms with Gasteiger partial charge in [0.25, 0.3) is 0 Å². The molecule has 0 fully saturated rings. The quantitative estimate of drug-likeness (QED) is 0.202. The van der Waals surface area contributed by atoms with Crippen molar-refractivity contribution in [3.05, 3.63) is 11.1 Å². The van der Waals surface area contributed by atoms with Gasteiger partial charge in [0.05, 0.1) is 0 Å². The average molecular weight is 869 g/mol. The first-order chi connectivity index (χ1) is 16.0. The number of allylic oxidation sites excluding steroid dienone is 2. The summed E-state index contributed by atoms with van der Waals surface area (Å²) in [4.78, 5) is 4.25. The number of nitrogens with zero attached hydrogens (tertiary/aromatic N) is 2. The van der Waals surface area contributed by atoms with Gasteiger partial charge < -0.3 is 4.90 Å². The van der Waals surface area contributed by atoms with E-state index >= 15 is 0 Å². The van der Waals surface area contributed by atoms with Gasteiger partial charge in [-0.05, 0) is 67.6 Å². The zero-order valence-corrected chi connectivity index (χ0v) is 35.2. The molecule has 0 aromatic rings. The van der Waals surface area contributed by atoms with Crippen LogP contribution in [0.3, 0.4) is 0 Å². The molecule has 0 N–H and O–H groups in total. The summed E-state index contributed by atoms with van der Waals surface area (Å²) in [7, 11) is 8.23. The standard InChI is InChI=1S/C6H12.C5H12.C4H11N.C4H9N.C4H6.2C3H8.C3H6.CH4.2W/c1-5(2)6(3)4;1-5(2,3)4;2*1-4-5(2)3;1-3-4-2;3*1-3-2;;;/h1-4H3;1-4H3;4H2,1-3H3;1-3H3;1-2H3;2*3H2,1-2H3;1-2H3;1H4;;. The van der Waals surface area contributed by atoms with E-state index in [0.29, 0.717) is 5.41 Å². The third-order valence-electron chi connectivity index (χ3n) is 2.51. The maximum atomic E-state index is 2.68. The Bertz CT molecular complexity index is 465. The summed E-state index contributed by atoms with van der Waals surface area (Å²) >= 11 is 3.14. The molecular weight excluding hydrogens is 792 g/mol. The van der Waals surface area contributed by atoms with E-state index in [0.717, 1.165) is 6.54 Å². The van der Waals surface area contributed by atoms with Gasteiger partial charge in [0.15, 0.2) is 0 Å². The molecule has 230 valence electrons. The van der Waals surface area contributed by atoms with E-state index in [4.69, 9.17) is 0 Å². The summed E-state index contributed by atoms with van der Waals surface area (Å²) in [6.45, 7) is 39.0. The molecule has 0 atom stereocenters. The van der Waals surface area contributed by atoms with Crippen LogP contribution in [0.1, 0.15) is 145 Å². The summed E-state index contributed by atoms with van der Waals surface area (Å²) < 4.78 is 2.93. The van der Waals surface area contributed by atoms with Crippen LogP contribution in [-0.4, -0.2) is 52.5 Å². The molecule has 37 heavy (non-hydrogen) atoms. The molecule has 0 aliphatic heterocycles. The molecule has 0 aromatic heterocycles. The first-order valence-electron chi connectivity index (χ1n) is 13.3. The van der Waals surface area contributed by atoms with E-state index in [1.807, 2.05) is 13.8 Å². The maximum absolute atomic E-state index is 2.68. The first kappa shape index (κ1) is 61.4. The number of hydrogen-bond acceptors (Lipinski definition) is 2. The molecule has 0 heterocycles. The molecular formula is C33H76N2W2. The van der Waals surface area contributed by atoms with Gasteiger partial charge in [-0.3, -0.25) is 0 Å². The molecule has 0 saturated carbocycles. The molecule has 0 unspecified atom stereocenters. The van der Waals surface area contributed by atoms with E-state index in [-0.39, 0.29) is 7.43 Å². The van der Waals surface area contributed by atoms with E-state index in [1.165, 1.54) is 31.9 Å². The number of hydrogen-bond donors (Lipinski definition) is 0. The number of rotatable bonds is 2. The van der Waals surface area contributed by atoms with Crippen molar-refractivity contribution in [2.24, 2.45) is 5.41 Å². The molecule has 0 rings (SSSR count). The van der Waals surface area contributed by atoms with Crippen LogP contribution in [0.2, 0.25) is 0 Å². The Labute approximate surface area is 263 Å². The Morgan fingerprint density at radius 2 is 0.730 bits per heavy atom. The zero-order valence-electron chi connectivity index (χ0n) is 29.3. The van der Waals surface area contributed by atoms with Gasteiger partial charge in [-0.25, -0.2) is 0 Å². The van der Waals surface area contributed by atoms with Crippen LogP contribution in [0, 0.1) is 17.3 Å². The van der Waals surface area contributed by atoms with Gasteiger partial charge in [-0.1, -0.05) is 93.7 Å². The summed E-state index contributed by atoms with van der Waals surface area (Å²) in [5.41, 5.74) is 3.35. The molecule has 0 amide bonds. The van der Waals surface area contributed by atoms with Gasteiger partial charge in [0.1, 0.15) is 0 Å². The van der Waals surface area contributed by atoms with E-state index in [2.05, 4.69) is 161 Å². The van der Waals surface area contributed by atoms with Gasteiger partial charge in [-0.2, -0.15) is 0 Å². The summed E-state index contributed by atoms with van der Waals surface area (Å²) in [6, 6.07) is 0. The minimum atomic E-state index is 0. The predicted molar refractivity (Wildman–Crippen MR) is 178 cm³/mol. The Kier molecular flexibility index (Phi) is 87.5. The van der Waals surface area contributed by atoms with Crippen molar-refractivity contribution in [2.75, 3.05) is 34.7 Å². The second kappa shape index (κ2) is 52.7. The van der Waals surface area contributed by atoms with Crippen LogP contribution in [0.25, 0.3) is 0 Å². The summed E-state index contributed by atoms with van der Waals surface area (Å²) in [6.07, 6.45) is 2.50. The third kappa shape index (κ3) is 333. The predicted octanol–water partition coefficient (Wildman–Crippen LogP) is 10.5. The molecule has 0 aliphatic rings. The van der Waals surface area contributed by atoms with Crippen molar-refractivity contribution >= 4 is 7.92 Å². The van der Waals surface area contributed by atoms with Crippen LogP contribution in [-0.2, 0) is 38.7 Å². The molecule has 0 radical (unpaired) electrons. The van der Waals surface area contributed by atoms with Gasteiger partial charge in [-0.15, -0.1) is 11.8 Å². The van der Waals surface area contributed by atoms with Crippen molar-refractivity contribution in [3.63, 3.8) is 0 Å². The summed E-state index contributed by atoms with van der Waals surface area (Å²) in [5.74, 6) is 5.36. The molecule has 0 aromatic carbocycles. The Hall–Kier alpha value is 0.337. The van der Waals surface area contributed by atoms with Crippen LogP contribution >= 0.6 is 0 Å². The Morgan fingerprint density at radius 3 is 0.730 bits per heavy atom. The fourth-order valence-corrected chi connectivity index (χ4v) is 0. The fourth-order valence-electron chi connectivity index (χ4n) is 0. The van der Waals surface area contributed by atoms with Crippen LogP contribution in [0.4, 0.5) is 0 Å². The van der Waals surface area contributed by atoms with Crippen molar-refractivity contribution in [1.82, 2.24) is 9.80 Å². The van der Waals surface area contributed by atoms with Crippen LogP contribution < -0.4 is 0 Å². The molecule has 4 heteroatoms.